The quantitative estimate of drug-likeness (QED) is 0.395. The van der Waals surface area contributed by atoms with Crippen LogP contribution in [0.15, 0.2) is 58.7 Å². The molecule has 0 rings (SSSR count). The first-order chi connectivity index (χ1) is 10.0. The summed E-state index contributed by atoms with van der Waals surface area (Å²) in [6.07, 6.45) is 12.6. The lowest BCUT2D eigenvalue weighted by atomic mass is 10.0. The fraction of sp³-hybridized carbons (Fsp3) is 0.389. The summed E-state index contributed by atoms with van der Waals surface area (Å²) in [6, 6.07) is 0. The average molecular weight is 309 g/mol. The Labute approximate surface area is 133 Å². The highest BCUT2D eigenvalue weighted by Gasteiger charge is 1.99. The molecule has 0 saturated carbocycles. The van der Waals surface area contributed by atoms with Crippen molar-refractivity contribution in [1.82, 2.24) is 0 Å². The van der Waals surface area contributed by atoms with Crippen molar-refractivity contribution < 1.29 is 9.53 Å². The van der Waals surface area contributed by atoms with Gasteiger partial charge in [-0.05, 0) is 43.9 Å². The molecule has 0 aliphatic heterocycles. The number of halogens is 1. The molecule has 116 valence electrons. The van der Waals surface area contributed by atoms with Crippen LogP contribution in [0, 0.1) is 0 Å². The Morgan fingerprint density at radius 3 is 2.67 bits per heavy atom. The van der Waals surface area contributed by atoms with Gasteiger partial charge in [0.05, 0.1) is 0 Å². The molecule has 0 amide bonds. The van der Waals surface area contributed by atoms with Crippen molar-refractivity contribution in [3.63, 3.8) is 0 Å². The third-order valence-electron chi connectivity index (χ3n) is 2.73. The predicted molar refractivity (Wildman–Crippen MR) is 91.3 cm³/mol. The van der Waals surface area contributed by atoms with Gasteiger partial charge in [0.15, 0.2) is 0 Å². The van der Waals surface area contributed by atoms with Gasteiger partial charge in [-0.1, -0.05) is 61.4 Å². The van der Waals surface area contributed by atoms with Crippen LogP contribution >= 0.6 is 11.6 Å². The molecular formula is C18H25ClO2. The van der Waals surface area contributed by atoms with E-state index in [1.807, 2.05) is 32.1 Å². The summed E-state index contributed by atoms with van der Waals surface area (Å²) < 4.78 is 4.75. The lowest BCUT2D eigenvalue weighted by Crippen LogP contribution is -1.94. The molecule has 0 aliphatic carbocycles. The van der Waals surface area contributed by atoms with Gasteiger partial charge in [-0.15, -0.1) is 0 Å². The molecular weight excluding hydrogens is 284 g/mol. The number of hydrogen-bond donors (Lipinski definition) is 0. The van der Waals surface area contributed by atoms with E-state index in [1.54, 1.807) is 0 Å². The maximum atomic E-state index is 10.2. The third kappa shape index (κ3) is 9.91. The summed E-state index contributed by atoms with van der Waals surface area (Å²) in [5.41, 5.74) is 3.11. The van der Waals surface area contributed by atoms with Crippen molar-refractivity contribution in [2.45, 2.75) is 40.0 Å². The minimum Gasteiger partial charge on any atom is -0.463 e. The third-order valence-corrected chi connectivity index (χ3v) is 3.13. The normalized spacial score (nSPS) is 13.6. The first-order valence-electron chi connectivity index (χ1n) is 7.13. The monoisotopic (exact) mass is 308 g/mol. The van der Waals surface area contributed by atoms with Crippen LogP contribution in [0.3, 0.4) is 0 Å². The summed E-state index contributed by atoms with van der Waals surface area (Å²) in [5, 5.41) is 0.671. The van der Waals surface area contributed by atoms with E-state index in [2.05, 4.69) is 25.7 Å². The Balaban J connectivity index is 4.80. The molecule has 0 unspecified atom stereocenters. The molecule has 21 heavy (non-hydrogen) atoms. The molecule has 0 heterocycles. The Morgan fingerprint density at radius 2 is 2.10 bits per heavy atom. The van der Waals surface area contributed by atoms with Gasteiger partial charge < -0.3 is 4.74 Å². The molecule has 0 spiro atoms. The zero-order valence-electron chi connectivity index (χ0n) is 13.2. The van der Waals surface area contributed by atoms with E-state index in [-0.39, 0.29) is 0 Å². The van der Waals surface area contributed by atoms with E-state index < -0.39 is 0 Å². The van der Waals surface area contributed by atoms with E-state index >= 15 is 0 Å². The summed E-state index contributed by atoms with van der Waals surface area (Å²) in [6.45, 7) is 10.8. The number of allylic oxidation sites excluding steroid dienone is 8. The van der Waals surface area contributed by atoms with Crippen molar-refractivity contribution >= 4 is 18.1 Å². The van der Waals surface area contributed by atoms with Crippen molar-refractivity contribution in [2.75, 3.05) is 6.61 Å². The zero-order valence-corrected chi connectivity index (χ0v) is 14.0. The van der Waals surface area contributed by atoms with Gasteiger partial charge in [0.1, 0.15) is 6.61 Å². The fourth-order valence-corrected chi connectivity index (χ4v) is 1.85. The smallest absolute Gasteiger partial charge is 0.293 e. The maximum absolute atomic E-state index is 10.2. The second kappa shape index (κ2) is 12.2. The molecule has 0 fully saturated rings. The van der Waals surface area contributed by atoms with Crippen molar-refractivity contribution in [2.24, 2.45) is 0 Å². The molecule has 0 aromatic rings. The van der Waals surface area contributed by atoms with Crippen molar-refractivity contribution in [3.8, 4) is 0 Å². The molecule has 0 saturated heterocycles. The van der Waals surface area contributed by atoms with E-state index in [0.29, 0.717) is 24.5 Å². The second-order valence-electron chi connectivity index (χ2n) is 4.78. The van der Waals surface area contributed by atoms with Gasteiger partial charge in [0, 0.05) is 5.03 Å². The summed E-state index contributed by atoms with van der Waals surface area (Å²) in [4.78, 5) is 10.2. The van der Waals surface area contributed by atoms with Gasteiger partial charge in [0.2, 0.25) is 0 Å². The molecule has 0 N–H and O–H groups in total. The highest BCUT2D eigenvalue weighted by molar-refractivity contribution is 6.32. The highest BCUT2D eigenvalue weighted by Crippen LogP contribution is 2.20. The maximum Gasteiger partial charge on any atom is 0.293 e. The van der Waals surface area contributed by atoms with Gasteiger partial charge in [-0.3, -0.25) is 4.79 Å². The molecule has 0 radical (unpaired) electrons. The van der Waals surface area contributed by atoms with E-state index in [9.17, 15) is 4.79 Å². The van der Waals surface area contributed by atoms with Crippen molar-refractivity contribution in [1.29, 1.82) is 0 Å². The number of ether oxygens (including phenoxy) is 1. The van der Waals surface area contributed by atoms with Crippen molar-refractivity contribution in [3.05, 3.63) is 58.7 Å². The number of carbonyl (C=O) groups is 1. The topological polar surface area (TPSA) is 26.3 Å². The first-order valence-corrected chi connectivity index (χ1v) is 7.51. The van der Waals surface area contributed by atoms with Crippen LogP contribution in [-0.2, 0) is 9.53 Å². The number of carbonyl (C=O) groups excluding carboxylic acids is 1. The zero-order chi connectivity index (χ0) is 16.1. The molecule has 0 atom stereocenters. The van der Waals surface area contributed by atoms with Crippen LogP contribution < -0.4 is 0 Å². The Kier molecular flexibility index (Phi) is 11.3. The predicted octanol–water partition coefficient (Wildman–Crippen LogP) is 5.48. The lowest BCUT2D eigenvalue weighted by molar-refractivity contribution is -0.127. The van der Waals surface area contributed by atoms with Crippen LogP contribution in [0.5, 0.6) is 0 Å². The molecule has 0 aromatic heterocycles. The number of hydrogen-bond acceptors (Lipinski definition) is 2. The summed E-state index contributed by atoms with van der Waals surface area (Å²) >= 11 is 6.15. The minimum atomic E-state index is 0.327. The molecule has 3 heteroatoms. The first kappa shape index (κ1) is 19.5. The van der Waals surface area contributed by atoms with Gasteiger partial charge in [-0.2, -0.15) is 0 Å². The average Bonchev–Trinajstić information content (AvgIpc) is 2.47. The Bertz CT molecular complexity index is 454. The molecule has 2 nitrogen and oxygen atoms in total. The van der Waals surface area contributed by atoms with E-state index in [0.717, 1.165) is 24.0 Å². The van der Waals surface area contributed by atoms with Gasteiger partial charge >= 0.3 is 0 Å². The molecule has 0 aliphatic rings. The highest BCUT2D eigenvalue weighted by atomic mass is 35.5. The molecule has 0 bridgehead atoms. The Morgan fingerprint density at radius 1 is 1.38 bits per heavy atom. The van der Waals surface area contributed by atoms with Crippen LogP contribution in [0.4, 0.5) is 0 Å². The SMILES string of the molecule is C=C(C/C=C(\C=C(/C)COC=O)CCC)/C(Cl)=C\C=C/C. The fourth-order valence-electron chi connectivity index (χ4n) is 1.70. The lowest BCUT2D eigenvalue weighted by Gasteiger charge is -2.05. The summed E-state index contributed by atoms with van der Waals surface area (Å²) in [7, 11) is 0. The van der Waals surface area contributed by atoms with E-state index in [1.165, 1.54) is 5.57 Å². The van der Waals surface area contributed by atoms with Gasteiger partial charge in [0.25, 0.3) is 6.47 Å². The van der Waals surface area contributed by atoms with Crippen LogP contribution in [-0.4, -0.2) is 13.1 Å². The standard InChI is InChI=1S/C18H25ClO2/c1-5-7-9-18(19)16(4)10-11-17(8-6-2)12-15(3)13-21-14-20/h5,7,9,11-12,14H,4,6,8,10,13H2,1-3H3/b7-5-,15-12+,17-11-,18-9+. The molecule has 0 aromatic carbocycles. The Hall–Kier alpha value is -1.54. The van der Waals surface area contributed by atoms with Crippen LogP contribution in [0.25, 0.3) is 0 Å². The van der Waals surface area contributed by atoms with E-state index in [4.69, 9.17) is 16.3 Å². The minimum absolute atomic E-state index is 0.327. The van der Waals surface area contributed by atoms with Gasteiger partial charge in [-0.25, -0.2) is 0 Å². The van der Waals surface area contributed by atoms with Crippen LogP contribution in [0.1, 0.15) is 40.0 Å². The second-order valence-corrected chi connectivity index (χ2v) is 5.18. The largest absolute Gasteiger partial charge is 0.463 e. The summed E-state index contributed by atoms with van der Waals surface area (Å²) in [5.74, 6) is 0. The van der Waals surface area contributed by atoms with Crippen LogP contribution in [0.2, 0.25) is 0 Å². The number of rotatable bonds is 10.